The van der Waals surface area contributed by atoms with Crippen LogP contribution in [0.15, 0.2) is 17.2 Å². The van der Waals surface area contributed by atoms with Gasteiger partial charge in [0, 0.05) is 11.1 Å². The van der Waals surface area contributed by atoms with Gasteiger partial charge in [-0.2, -0.15) is 0 Å². The number of aromatic nitrogens is 3. The van der Waals surface area contributed by atoms with Gasteiger partial charge in [0.2, 0.25) is 0 Å². The molecule has 0 fully saturated rings. The molecule has 0 saturated carbocycles. The number of rotatable bonds is 3. The van der Waals surface area contributed by atoms with Crippen LogP contribution in [0.1, 0.15) is 51.9 Å². The fourth-order valence-corrected chi connectivity index (χ4v) is 3.51. The van der Waals surface area contributed by atoms with Crippen molar-refractivity contribution in [3.63, 3.8) is 0 Å². The topological polar surface area (TPSA) is 87.7 Å². The molecule has 0 spiro atoms. The maximum absolute atomic E-state index is 12.1. The zero-order valence-corrected chi connectivity index (χ0v) is 12.5. The third-order valence-corrected chi connectivity index (χ3v) is 4.83. The Morgan fingerprint density at radius 1 is 1.43 bits per heavy atom. The molecule has 3 rings (SSSR count). The van der Waals surface area contributed by atoms with Gasteiger partial charge in [0.1, 0.15) is 10.7 Å². The molecule has 2 aromatic rings. The van der Waals surface area contributed by atoms with E-state index in [1.54, 1.807) is 11.3 Å². The zero-order valence-electron chi connectivity index (χ0n) is 11.7. The van der Waals surface area contributed by atoms with Gasteiger partial charge in [-0.15, -0.1) is 11.3 Å². The van der Waals surface area contributed by atoms with E-state index in [1.165, 1.54) is 29.6 Å². The van der Waals surface area contributed by atoms with Gasteiger partial charge in [0.25, 0.3) is 11.5 Å². The number of H-pyrrole nitrogens is 1. The predicted octanol–water partition coefficient (Wildman–Crippen LogP) is 1.60. The first-order valence-electron chi connectivity index (χ1n) is 6.97. The number of carbonyl (C=O) groups excluding carboxylic acids is 1. The molecule has 0 aromatic carbocycles. The van der Waals surface area contributed by atoms with Crippen LogP contribution in [-0.2, 0) is 12.8 Å². The highest BCUT2D eigenvalue weighted by Gasteiger charge is 2.20. The summed E-state index contributed by atoms with van der Waals surface area (Å²) in [5.74, 6) is -0.313. The quantitative estimate of drug-likeness (QED) is 0.901. The Kier molecular flexibility index (Phi) is 3.83. The number of hydrogen-bond donors (Lipinski definition) is 2. The molecule has 0 aliphatic heterocycles. The van der Waals surface area contributed by atoms with Crippen LogP contribution >= 0.6 is 11.3 Å². The molecule has 0 unspecified atom stereocenters. The number of carbonyl (C=O) groups is 1. The van der Waals surface area contributed by atoms with Gasteiger partial charge in [-0.05, 0) is 32.6 Å². The van der Waals surface area contributed by atoms with E-state index in [0.717, 1.165) is 24.0 Å². The Bertz CT molecular complexity index is 678. The molecule has 2 heterocycles. The van der Waals surface area contributed by atoms with Crippen LogP contribution in [0.3, 0.4) is 0 Å². The summed E-state index contributed by atoms with van der Waals surface area (Å²) in [5, 5.41) is 3.80. The molecule has 0 bridgehead atoms. The molecule has 1 amide bonds. The van der Waals surface area contributed by atoms with Crippen LogP contribution in [0.2, 0.25) is 0 Å². The molecule has 21 heavy (non-hydrogen) atoms. The van der Waals surface area contributed by atoms with Crippen molar-refractivity contribution in [2.45, 2.75) is 38.6 Å². The second-order valence-corrected chi connectivity index (χ2v) is 6.24. The van der Waals surface area contributed by atoms with Crippen molar-refractivity contribution >= 4 is 17.2 Å². The SMILES string of the molecule is C[C@@H](NC(=O)c1c[nH]c(=O)cn1)c1nc2c(s1)CCCC2. The Hall–Kier alpha value is -2.02. The summed E-state index contributed by atoms with van der Waals surface area (Å²) >= 11 is 1.68. The van der Waals surface area contributed by atoms with Crippen molar-refractivity contribution in [2.75, 3.05) is 0 Å². The standard InChI is InChI=1S/C14H16N4O2S/c1-8(14-18-9-4-2-3-5-11(9)21-14)17-13(20)10-6-16-12(19)7-15-10/h6-8H,2-5H2,1H3,(H,16,19)(H,17,20)/t8-/m1/s1. The molecular formula is C14H16N4O2S. The Balaban J connectivity index is 1.72. The number of nitrogens with zero attached hydrogens (tertiary/aromatic N) is 2. The van der Waals surface area contributed by atoms with Gasteiger partial charge in [-0.25, -0.2) is 9.97 Å². The smallest absolute Gasteiger partial charge is 0.271 e. The first-order chi connectivity index (χ1) is 10.1. The van der Waals surface area contributed by atoms with E-state index in [9.17, 15) is 9.59 Å². The van der Waals surface area contributed by atoms with Gasteiger partial charge in [-0.1, -0.05) is 0 Å². The number of hydrogen-bond acceptors (Lipinski definition) is 5. The first kappa shape index (κ1) is 13.9. The second kappa shape index (κ2) is 5.77. The van der Waals surface area contributed by atoms with Crippen molar-refractivity contribution in [3.8, 4) is 0 Å². The highest BCUT2D eigenvalue weighted by atomic mass is 32.1. The molecule has 0 radical (unpaired) electrons. The van der Waals surface area contributed by atoms with Gasteiger partial charge in [-0.3, -0.25) is 9.59 Å². The van der Waals surface area contributed by atoms with Gasteiger partial charge >= 0.3 is 0 Å². The van der Waals surface area contributed by atoms with Gasteiger partial charge in [0.05, 0.1) is 17.9 Å². The van der Waals surface area contributed by atoms with Crippen LogP contribution in [0.25, 0.3) is 0 Å². The molecule has 2 aromatic heterocycles. The van der Waals surface area contributed by atoms with E-state index < -0.39 is 0 Å². The summed E-state index contributed by atoms with van der Waals surface area (Å²) < 4.78 is 0. The summed E-state index contributed by atoms with van der Waals surface area (Å²) in [5.41, 5.74) is 1.06. The van der Waals surface area contributed by atoms with E-state index in [0.29, 0.717) is 0 Å². The van der Waals surface area contributed by atoms with E-state index in [1.807, 2.05) is 6.92 Å². The third-order valence-electron chi connectivity index (χ3n) is 3.48. The van der Waals surface area contributed by atoms with E-state index in [4.69, 9.17) is 0 Å². The summed E-state index contributed by atoms with van der Waals surface area (Å²) in [7, 11) is 0. The predicted molar refractivity (Wildman–Crippen MR) is 79.5 cm³/mol. The highest BCUT2D eigenvalue weighted by molar-refractivity contribution is 7.11. The van der Waals surface area contributed by atoms with Crippen LogP contribution in [0, 0.1) is 0 Å². The minimum Gasteiger partial charge on any atom is -0.342 e. The molecule has 2 N–H and O–H groups in total. The van der Waals surface area contributed by atoms with Crippen LogP contribution in [-0.4, -0.2) is 20.9 Å². The third kappa shape index (κ3) is 3.02. The maximum Gasteiger partial charge on any atom is 0.271 e. The van der Waals surface area contributed by atoms with Gasteiger partial charge < -0.3 is 10.3 Å². The monoisotopic (exact) mass is 304 g/mol. The number of amides is 1. The summed E-state index contributed by atoms with van der Waals surface area (Å²) in [4.78, 5) is 35.2. The lowest BCUT2D eigenvalue weighted by molar-refractivity contribution is 0.0934. The van der Waals surface area contributed by atoms with E-state index >= 15 is 0 Å². The molecule has 1 atom stereocenters. The van der Waals surface area contributed by atoms with Crippen molar-refractivity contribution in [2.24, 2.45) is 0 Å². The van der Waals surface area contributed by atoms with Gasteiger partial charge in [0.15, 0.2) is 0 Å². The largest absolute Gasteiger partial charge is 0.342 e. The summed E-state index contributed by atoms with van der Waals surface area (Å²) in [6, 6.07) is -0.165. The number of nitrogens with one attached hydrogen (secondary N) is 2. The molecule has 0 saturated heterocycles. The van der Waals surface area contributed by atoms with Crippen molar-refractivity contribution in [3.05, 3.63) is 44.0 Å². The molecule has 6 nitrogen and oxygen atoms in total. The highest BCUT2D eigenvalue weighted by Crippen LogP contribution is 2.29. The minimum atomic E-state index is -0.327. The lowest BCUT2D eigenvalue weighted by Gasteiger charge is -2.10. The fourth-order valence-electron chi connectivity index (χ4n) is 2.36. The Labute approximate surface area is 125 Å². The number of aryl methyl sites for hydroxylation is 2. The Morgan fingerprint density at radius 3 is 2.95 bits per heavy atom. The molecule has 7 heteroatoms. The lowest BCUT2D eigenvalue weighted by atomic mass is 10.0. The first-order valence-corrected chi connectivity index (χ1v) is 7.79. The minimum absolute atomic E-state index is 0.165. The molecule has 110 valence electrons. The number of aromatic amines is 1. The van der Waals surface area contributed by atoms with Crippen LogP contribution in [0.5, 0.6) is 0 Å². The molecule has 1 aliphatic rings. The van der Waals surface area contributed by atoms with E-state index in [2.05, 4.69) is 20.3 Å². The van der Waals surface area contributed by atoms with Crippen molar-refractivity contribution < 1.29 is 4.79 Å². The maximum atomic E-state index is 12.1. The number of fused-ring (bicyclic) bond motifs is 1. The average Bonchev–Trinajstić information content (AvgIpc) is 2.92. The lowest BCUT2D eigenvalue weighted by Crippen LogP contribution is -2.28. The normalized spacial score (nSPS) is 15.3. The average molecular weight is 304 g/mol. The second-order valence-electron chi connectivity index (χ2n) is 5.12. The molecule has 1 aliphatic carbocycles. The Morgan fingerprint density at radius 2 is 2.24 bits per heavy atom. The fraction of sp³-hybridized carbons (Fsp3) is 0.429. The molecular weight excluding hydrogens is 288 g/mol. The summed E-state index contributed by atoms with van der Waals surface area (Å²) in [6.45, 7) is 1.91. The van der Waals surface area contributed by atoms with Crippen molar-refractivity contribution in [1.82, 2.24) is 20.3 Å². The zero-order chi connectivity index (χ0) is 14.8. The van der Waals surface area contributed by atoms with E-state index in [-0.39, 0.29) is 23.2 Å². The van der Waals surface area contributed by atoms with Crippen molar-refractivity contribution in [1.29, 1.82) is 0 Å². The van der Waals surface area contributed by atoms with Crippen LogP contribution < -0.4 is 10.9 Å². The van der Waals surface area contributed by atoms with Crippen LogP contribution in [0.4, 0.5) is 0 Å². The number of thiazole rings is 1. The summed E-state index contributed by atoms with van der Waals surface area (Å²) in [6.07, 6.45) is 6.96.